The van der Waals surface area contributed by atoms with Crippen molar-refractivity contribution in [2.45, 2.75) is 26.2 Å². The molecular formula is C13H18N4O. The molecule has 1 aromatic carbocycles. The van der Waals surface area contributed by atoms with Gasteiger partial charge >= 0.3 is 0 Å². The second-order valence-corrected chi connectivity index (χ2v) is 5.02. The Balaban J connectivity index is 2.57. The number of benzene rings is 1. The number of nitrogens with one attached hydrogen (secondary N) is 1. The van der Waals surface area contributed by atoms with E-state index in [9.17, 15) is 4.79 Å². The number of hydrogen-bond acceptors (Lipinski definition) is 3. The highest BCUT2D eigenvalue weighted by molar-refractivity contribution is 5.88. The van der Waals surface area contributed by atoms with Crippen molar-refractivity contribution in [3.05, 3.63) is 29.6 Å². The molecule has 1 amide bonds. The van der Waals surface area contributed by atoms with Crippen LogP contribution in [0, 0.1) is 6.92 Å². The van der Waals surface area contributed by atoms with Gasteiger partial charge in [0.2, 0.25) is 5.91 Å². The van der Waals surface area contributed by atoms with Crippen LogP contribution in [0.4, 0.5) is 0 Å². The highest BCUT2D eigenvalue weighted by Gasteiger charge is 2.29. The lowest BCUT2D eigenvalue weighted by atomic mass is 9.84. The summed E-state index contributed by atoms with van der Waals surface area (Å²) in [6, 6.07) is 5.87. The number of amides is 1. The molecule has 2 rings (SSSR count). The Morgan fingerprint density at radius 2 is 2.11 bits per heavy atom. The van der Waals surface area contributed by atoms with E-state index in [-0.39, 0.29) is 5.91 Å². The minimum Gasteiger partial charge on any atom is -0.331 e. The quantitative estimate of drug-likeness (QED) is 0.474. The molecule has 0 unspecified atom stereocenters. The van der Waals surface area contributed by atoms with Crippen LogP contribution in [0.3, 0.4) is 0 Å². The third kappa shape index (κ3) is 1.76. The summed E-state index contributed by atoms with van der Waals surface area (Å²) in [5.41, 5.74) is 4.38. The highest BCUT2D eigenvalue weighted by atomic mass is 16.2. The first kappa shape index (κ1) is 12.6. The van der Waals surface area contributed by atoms with Crippen LogP contribution in [-0.4, -0.2) is 15.5 Å². The van der Waals surface area contributed by atoms with E-state index in [0.717, 1.165) is 22.4 Å². The molecule has 0 aliphatic rings. The van der Waals surface area contributed by atoms with Gasteiger partial charge in [0.25, 0.3) is 0 Å². The van der Waals surface area contributed by atoms with Gasteiger partial charge in [-0.2, -0.15) is 0 Å². The smallest absolute Gasteiger partial charge is 0.243 e. The lowest BCUT2D eigenvalue weighted by molar-refractivity contribution is -0.125. The molecule has 1 heterocycles. The summed E-state index contributed by atoms with van der Waals surface area (Å²) in [5.74, 6) is 5.95. The zero-order valence-electron chi connectivity index (χ0n) is 11.1. The van der Waals surface area contributed by atoms with Crippen LogP contribution in [0.5, 0.6) is 0 Å². The van der Waals surface area contributed by atoms with E-state index in [1.165, 1.54) is 0 Å². The third-order valence-corrected chi connectivity index (χ3v) is 3.52. The molecule has 5 heteroatoms. The maximum Gasteiger partial charge on any atom is 0.243 e. The molecule has 2 aromatic rings. The van der Waals surface area contributed by atoms with E-state index in [1.54, 1.807) is 0 Å². The molecule has 0 spiro atoms. The molecule has 0 fully saturated rings. The molecule has 0 radical (unpaired) electrons. The van der Waals surface area contributed by atoms with Gasteiger partial charge in [0.15, 0.2) is 0 Å². The molecule has 0 atom stereocenters. The van der Waals surface area contributed by atoms with E-state index in [1.807, 2.05) is 50.6 Å². The fourth-order valence-electron chi connectivity index (χ4n) is 2.02. The number of fused-ring (bicyclic) bond motifs is 1. The summed E-state index contributed by atoms with van der Waals surface area (Å²) >= 11 is 0. The van der Waals surface area contributed by atoms with Gasteiger partial charge in [0, 0.05) is 7.05 Å². The standard InChI is InChI=1S/C13H18N4O/c1-8-15-10-7-9(5-6-11(10)17(8)4)13(2,3)12(18)16-14/h5-7H,14H2,1-4H3,(H,16,18). The van der Waals surface area contributed by atoms with Crippen LogP contribution in [0.25, 0.3) is 11.0 Å². The summed E-state index contributed by atoms with van der Waals surface area (Å²) in [7, 11) is 1.97. The molecule has 0 saturated heterocycles. The van der Waals surface area contributed by atoms with Crippen molar-refractivity contribution in [2.24, 2.45) is 12.9 Å². The minimum absolute atomic E-state index is 0.213. The number of hydrogen-bond donors (Lipinski definition) is 2. The molecule has 96 valence electrons. The van der Waals surface area contributed by atoms with Gasteiger partial charge in [0.1, 0.15) is 5.82 Å². The number of hydrazine groups is 1. The van der Waals surface area contributed by atoms with E-state index >= 15 is 0 Å². The van der Waals surface area contributed by atoms with Crippen LogP contribution >= 0.6 is 0 Å². The van der Waals surface area contributed by atoms with Crippen molar-refractivity contribution in [1.82, 2.24) is 15.0 Å². The monoisotopic (exact) mass is 246 g/mol. The Bertz CT molecular complexity index is 613. The van der Waals surface area contributed by atoms with Gasteiger partial charge in [-0.15, -0.1) is 0 Å². The Morgan fingerprint density at radius 1 is 1.44 bits per heavy atom. The summed E-state index contributed by atoms with van der Waals surface area (Å²) in [5, 5.41) is 0. The second kappa shape index (κ2) is 4.10. The molecule has 1 aromatic heterocycles. The van der Waals surface area contributed by atoms with Gasteiger partial charge in [0.05, 0.1) is 16.4 Å². The van der Waals surface area contributed by atoms with Gasteiger partial charge in [-0.1, -0.05) is 6.07 Å². The predicted octanol–water partition coefficient (Wildman–Crippen LogP) is 1.15. The van der Waals surface area contributed by atoms with Gasteiger partial charge in [-0.25, -0.2) is 10.8 Å². The Hall–Kier alpha value is -1.88. The summed E-state index contributed by atoms with van der Waals surface area (Å²) in [6.07, 6.45) is 0. The number of carbonyl (C=O) groups is 1. The van der Waals surface area contributed by atoms with Crippen molar-refractivity contribution in [3.8, 4) is 0 Å². The zero-order valence-corrected chi connectivity index (χ0v) is 11.1. The number of nitrogens with two attached hydrogens (primary N) is 1. The van der Waals surface area contributed by atoms with E-state index in [2.05, 4.69) is 10.4 Å². The number of carbonyl (C=O) groups excluding carboxylic acids is 1. The van der Waals surface area contributed by atoms with Gasteiger partial charge in [-0.05, 0) is 38.5 Å². The van der Waals surface area contributed by atoms with Crippen LogP contribution in [0.1, 0.15) is 25.2 Å². The minimum atomic E-state index is -0.672. The maximum absolute atomic E-state index is 11.8. The average Bonchev–Trinajstić information content (AvgIpc) is 2.63. The maximum atomic E-state index is 11.8. The van der Waals surface area contributed by atoms with E-state index < -0.39 is 5.41 Å². The molecule has 18 heavy (non-hydrogen) atoms. The van der Waals surface area contributed by atoms with Crippen molar-refractivity contribution >= 4 is 16.9 Å². The number of rotatable bonds is 2. The normalized spacial score (nSPS) is 11.8. The van der Waals surface area contributed by atoms with Gasteiger partial charge in [-0.3, -0.25) is 10.2 Å². The van der Waals surface area contributed by atoms with E-state index in [4.69, 9.17) is 5.84 Å². The highest BCUT2D eigenvalue weighted by Crippen LogP contribution is 2.26. The fraction of sp³-hybridized carbons (Fsp3) is 0.385. The largest absolute Gasteiger partial charge is 0.331 e. The van der Waals surface area contributed by atoms with Gasteiger partial charge < -0.3 is 4.57 Å². The number of aryl methyl sites for hydroxylation is 2. The fourth-order valence-corrected chi connectivity index (χ4v) is 2.02. The molecule has 3 N–H and O–H groups in total. The summed E-state index contributed by atoms with van der Waals surface area (Å²) in [6.45, 7) is 5.63. The van der Waals surface area contributed by atoms with E-state index in [0.29, 0.717) is 0 Å². The lowest BCUT2D eigenvalue weighted by Gasteiger charge is -2.22. The summed E-state index contributed by atoms with van der Waals surface area (Å²) < 4.78 is 2.02. The predicted molar refractivity (Wildman–Crippen MR) is 70.8 cm³/mol. The van der Waals surface area contributed by atoms with Crippen LogP contribution < -0.4 is 11.3 Å². The molecule has 0 saturated carbocycles. The first-order valence-corrected chi connectivity index (χ1v) is 5.82. The molecule has 0 aliphatic carbocycles. The van der Waals surface area contributed by atoms with Crippen LogP contribution in [-0.2, 0) is 17.3 Å². The van der Waals surface area contributed by atoms with Crippen LogP contribution in [0.2, 0.25) is 0 Å². The second-order valence-electron chi connectivity index (χ2n) is 5.02. The van der Waals surface area contributed by atoms with Crippen molar-refractivity contribution in [3.63, 3.8) is 0 Å². The number of imidazole rings is 1. The SMILES string of the molecule is Cc1nc2cc(C(C)(C)C(=O)NN)ccc2n1C. The van der Waals surface area contributed by atoms with Crippen molar-refractivity contribution in [1.29, 1.82) is 0 Å². The molecule has 5 nitrogen and oxygen atoms in total. The first-order valence-electron chi connectivity index (χ1n) is 5.82. The number of aromatic nitrogens is 2. The third-order valence-electron chi connectivity index (χ3n) is 3.52. The van der Waals surface area contributed by atoms with Crippen molar-refractivity contribution < 1.29 is 4.79 Å². The molecular weight excluding hydrogens is 228 g/mol. The Labute approximate surface area is 106 Å². The van der Waals surface area contributed by atoms with Crippen LogP contribution in [0.15, 0.2) is 18.2 Å². The lowest BCUT2D eigenvalue weighted by Crippen LogP contribution is -2.43. The molecule has 0 aliphatic heterocycles. The zero-order chi connectivity index (χ0) is 13.5. The Morgan fingerprint density at radius 3 is 2.72 bits per heavy atom. The average molecular weight is 246 g/mol. The van der Waals surface area contributed by atoms with Crippen molar-refractivity contribution in [2.75, 3.05) is 0 Å². The first-order chi connectivity index (χ1) is 8.37. The topological polar surface area (TPSA) is 72.9 Å². The summed E-state index contributed by atoms with van der Waals surface area (Å²) in [4.78, 5) is 16.3. The molecule has 0 bridgehead atoms. The number of nitrogens with zero attached hydrogens (tertiary/aromatic N) is 2. The Kier molecular flexibility index (Phi) is 2.86.